The summed E-state index contributed by atoms with van der Waals surface area (Å²) in [5.41, 5.74) is 6.84. The van der Waals surface area contributed by atoms with Crippen LogP contribution in [0.1, 0.15) is 18.4 Å². The molecule has 1 saturated heterocycles. The largest absolute Gasteiger partial charge is 0.338 e. The van der Waals surface area contributed by atoms with Gasteiger partial charge in [-0.05, 0) is 24.1 Å². The Bertz CT molecular complexity index is 377. The fraction of sp³-hybridized carbons (Fsp3) is 0.417. The summed E-state index contributed by atoms with van der Waals surface area (Å²) in [5, 5.41) is 0.718. The van der Waals surface area contributed by atoms with E-state index in [2.05, 4.69) is 0 Å². The van der Waals surface area contributed by atoms with Crippen LogP contribution in [-0.2, 0) is 11.3 Å². The van der Waals surface area contributed by atoms with Gasteiger partial charge in [-0.15, -0.1) is 0 Å². The standard InChI is InChI=1S/C12H15ClN2O/c13-10-3-1-9(2-4-10)8-15-6-5-11(14)7-12(15)16/h1-4,11H,5-8,14H2. The normalized spacial score (nSPS) is 21.2. The molecule has 1 aromatic rings. The predicted octanol–water partition coefficient (Wildman–Crippen LogP) is 1.79. The average molecular weight is 239 g/mol. The van der Waals surface area contributed by atoms with E-state index in [1.165, 1.54) is 0 Å². The quantitative estimate of drug-likeness (QED) is 0.854. The number of nitrogens with two attached hydrogens (primary N) is 1. The molecule has 2 rings (SSSR count). The number of carbonyl (C=O) groups is 1. The Morgan fingerprint density at radius 3 is 2.69 bits per heavy atom. The van der Waals surface area contributed by atoms with Crippen LogP contribution in [0.4, 0.5) is 0 Å². The van der Waals surface area contributed by atoms with Gasteiger partial charge in [0.15, 0.2) is 0 Å². The first-order valence-electron chi connectivity index (χ1n) is 5.43. The highest BCUT2D eigenvalue weighted by atomic mass is 35.5. The summed E-state index contributed by atoms with van der Waals surface area (Å²) in [7, 11) is 0. The smallest absolute Gasteiger partial charge is 0.224 e. The number of carbonyl (C=O) groups excluding carboxylic acids is 1. The minimum absolute atomic E-state index is 0.0361. The third-order valence-corrected chi connectivity index (χ3v) is 3.10. The second-order valence-electron chi connectivity index (χ2n) is 4.19. The number of piperidine rings is 1. The van der Waals surface area contributed by atoms with Crippen LogP contribution >= 0.6 is 11.6 Å². The van der Waals surface area contributed by atoms with Crippen molar-refractivity contribution in [3.63, 3.8) is 0 Å². The number of halogens is 1. The van der Waals surface area contributed by atoms with E-state index < -0.39 is 0 Å². The highest BCUT2D eigenvalue weighted by molar-refractivity contribution is 6.30. The Hall–Kier alpha value is -1.06. The van der Waals surface area contributed by atoms with Gasteiger partial charge in [0.1, 0.15) is 0 Å². The first-order valence-corrected chi connectivity index (χ1v) is 5.81. The van der Waals surface area contributed by atoms with E-state index in [1.807, 2.05) is 29.2 Å². The van der Waals surface area contributed by atoms with Crippen LogP contribution in [-0.4, -0.2) is 23.4 Å². The van der Waals surface area contributed by atoms with Crippen LogP contribution in [0.5, 0.6) is 0 Å². The summed E-state index contributed by atoms with van der Waals surface area (Å²) in [6.45, 7) is 1.41. The highest BCUT2D eigenvalue weighted by Gasteiger charge is 2.22. The molecule has 3 nitrogen and oxygen atoms in total. The number of hydrogen-bond acceptors (Lipinski definition) is 2. The van der Waals surface area contributed by atoms with Gasteiger partial charge in [-0.3, -0.25) is 4.79 Å². The van der Waals surface area contributed by atoms with Gasteiger partial charge >= 0.3 is 0 Å². The molecule has 1 aliphatic heterocycles. The summed E-state index contributed by atoms with van der Waals surface area (Å²) >= 11 is 5.81. The molecule has 1 aliphatic rings. The molecule has 1 atom stereocenters. The number of benzene rings is 1. The van der Waals surface area contributed by atoms with Gasteiger partial charge in [0.05, 0.1) is 0 Å². The number of likely N-dealkylation sites (tertiary alicyclic amines) is 1. The lowest BCUT2D eigenvalue weighted by atomic mass is 10.0. The minimum atomic E-state index is 0.0361. The summed E-state index contributed by atoms with van der Waals surface area (Å²) < 4.78 is 0. The van der Waals surface area contributed by atoms with E-state index >= 15 is 0 Å². The van der Waals surface area contributed by atoms with Gasteiger partial charge in [0.2, 0.25) is 5.91 Å². The maximum atomic E-state index is 11.7. The zero-order valence-electron chi connectivity index (χ0n) is 9.03. The molecule has 1 heterocycles. The molecular weight excluding hydrogens is 224 g/mol. The van der Waals surface area contributed by atoms with E-state index in [4.69, 9.17) is 17.3 Å². The van der Waals surface area contributed by atoms with E-state index in [9.17, 15) is 4.79 Å². The SMILES string of the molecule is NC1CCN(Cc2ccc(Cl)cc2)C(=O)C1. The summed E-state index contributed by atoms with van der Waals surface area (Å²) in [6.07, 6.45) is 1.35. The molecule has 0 radical (unpaired) electrons. The minimum Gasteiger partial charge on any atom is -0.338 e. The van der Waals surface area contributed by atoms with Gasteiger partial charge in [0.25, 0.3) is 0 Å². The monoisotopic (exact) mass is 238 g/mol. The topological polar surface area (TPSA) is 46.3 Å². The van der Waals surface area contributed by atoms with Gasteiger partial charge in [-0.2, -0.15) is 0 Å². The molecule has 2 N–H and O–H groups in total. The number of nitrogens with zero attached hydrogens (tertiary/aromatic N) is 1. The lowest BCUT2D eigenvalue weighted by Gasteiger charge is -2.30. The lowest BCUT2D eigenvalue weighted by Crippen LogP contribution is -2.43. The number of rotatable bonds is 2. The van der Waals surface area contributed by atoms with Crippen molar-refractivity contribution in [2.75, 3.05) is 6.54 Å². The molecule has 0 aromatic heterocycles. The van der Waals surface area contributed by atoms with Crippen LogP contribution in [0.2, 0.25) is 5.02 Å². The van der Waals surface area contributed by atoms with Crippen molar-refractivity contribution < 1.29 is 4.79 Å². The average Bonchev–Trinajstić information content (AvgIpc) is 2.25. The van der Waals surface area contributed by atoms with Crippen molar-refractivity contribution in [3.05, 3.63) is 34.9 Å². The zero-order chi connectivity index (χ0) is 11.5. The van der Waals surface area contributed by atoms with Gasteiger partial charge < -0.3 is 10.6 Å². The molecule has 0 aliphatic carbocycles. The molecule has 1 fully saturated rings. The molecule has 1 unspecified atom stereocenters. The Morgan fingerprint density at radius 1 is 1.38 bits per heavy atom. The van der Waals surface area contributed by atoms with Crippen LogP contribution in [0.3, 0.4) is 0 Å². The Kier molecular flexibility index (Phi) is 3.46. The number of hydrogen-bond donors (Lipinski definition) is 1. The third kappa shape index (κ3) is 2.74. The number of amides is 1. The first kappa shape index (κ1) is 11.4. The van der Waals surface area contributed by atoms with Gasteiger partial charge in [-0.25, -0.2) is 0 Å². The van der Waals surface area contributed by atoms with Crippen molar-refractivity contribution in [2.24, 2.45) is 5.73 Å². The van der Waals surface area contributed by atoms with Crippen molar-refractivity contribution in [3.8, 4) is 0 Å². The van der Waals surface area contributed by atoms with E-state index in [-0.39, 0.29) is 11.9 Å². The van der Waals surface area contributed by atoms with Crippen LogP contribution in [0.15, 0.2) is 24.3 Å². The molecule has 4 heteroatoms. The molecule has 1 amide bonds. The summed E-state index contributed by atoms with van der Waals surface area (Å²) in [6, 6.07) is 7.62. The van der Waals surface area contributed by atoms with Crippen molar-refractivity contribution in [2.45, 2.75) is 25.4 Å². The van der Waals surface area contributed by atoms with Crippen molar-refractivity contribution >= 4 is 17.5 Å². The lowest BCUT2D eigenvalue weighted by molar-refractivity contribution is -0.134. The molecule has 0 spiro atoms. The molecule has 1 aromatic carbocycles. The molecular formula is C12H15ClN2O. The van der Waals surface area contributed by atoms with E-state index in [0.29, 0.717) is 13.0 Å². The summed E-state index contributed by atoms with van der Waals surface area (Å²) in [5.74, 6) is 0.147. The van der Waals surface area contributed by atoms with Crippen LogP contribution in [0, 0.1) is 0 Å². The second-order valence-corrected chi connectivity index (χ2v) is 4.63. The molecule has 0 bridgehead atoms. The maximum Gasteiger partial charge on any atom is 0.224 e. The summed E-state index contributed by atoms with van der Waals surface area (Å²) in [4.78, 5) is 13.5. The zero-order valence-corrected chi connectivity index (χ0v) is 9.78. The molecule has 86 valence electrons. The third-order valence-electron chi connectivity index (χ3n) is 2.85. The molecule has 16 heavy (non-hydrogen) atoms. The molecule has 0 saturated carbocycles. The maximum absolute atomic E-state index is 11.7. The fourth-order valence-electron chi connectivity index (χ4n) is 1.88. The Labute approximate surface area is 100 Å². The predicted molar refractivity (Wildman–Crippen MR) is 64.1 cm³/mol. The Balaban J connectivity index is 1.99. The van der Waals surface area contributed by atoms with E-state index in [1.54, 1.807) is 0 Å². The second kappa shape index (κ2) is 4.85. The van der Waals surface area contributed by atoms with Crippen molar-refractivity contribution in [1.29, 1.82) is 0 Å². The van der Waals surface area contributed by atoms with E-state index in [0.717, 1.165) is 23.6 Å². The van der Waals surface area contributed by atoms with Gasteiger partial charge in [-0.1, -0.05) is 23.7 Å². The Morgan fingerprint density at radius 2 is 2.06 bits per heavy atom. The van der Waals surface area contributed by atoms with Crippen LogP contribution < -0.4 is 5.73 Å². The first-order chi connectivity index (χ1) is 7.65. The van der Waals surface area contributed by atoms with Crippen LogP contribution in [0.25, 0.3) is 0 Å². The fourth-order valence-corrected chi connectivity index (χ4v) is 2.01. The van der Waals surface area contributed by atoms with Gasteiger partial charge in [0, 0.05) is 30.6 Å². The van der Waals surface area contributed by atoms with Crippen molar-refractivity contribution in [1.82, 2.24) is 4.90 Å². The highest BCUT2D eigenvalue weighted by Crippen LogP contribution is 2.15.